The molecule has 6 atom stereocenters. The Morgan fingerprint density at radius 2 is 1.82 bits per heavy atom. The number of halogens is 1. The highest BCUT2D eigenvalue weighted by Crippen LogP contribution is 2.48. The first kappa shape index (κ1) is 24.2. The highest BCUT2D eigenvalue weighted by molar-refractivity contribution is 6.33. The van der Waals surface area contributed by atoms with Gasteiger partial charge in [0.1, 0.15) is 54.7 Å². The second-order valence-corrected chi connectivity index (χ2v) is 8.60. The Labute approximate surface area is 197 Å². The lowest BCUT2D eigenvalue weighted by Gasteiger charge is -2.41. The molecule has 4 rings (SSSR count). The van der Waals surface area contributed by atoms with Gasteiger partial charge in [-0.05, 0) is 42.2 Å². The molecule has 0 bridgehead atoms. The standard InChI is InChI=1S/C24H29ClO8/c1-3-31-14-6-4-12(5-7-14)8-13-9-15(18-17(30-2)11-32-24(18)19(13)25)23-22(29)21(28)20(27)16(10-26)33-23/h4-7,9,16-17,20-23,26-29H,3,8,10-11H2,1-2H3/t16-,17?,20-,21+,22-,23+/m1/s1. The third-order valence-corrected chi connectivity index (χ3v) is 6.59. The molecule has 2 aliphatic rings. The van der Waals surface area contributed by atoms with E-state index in [1.165, 1.54) is 0 Å². The maximum atomic E-state index is 10.8. The Kier molecular flexibility index (Phi) is 7.45. The molecule has 4 N–H and O–H groups in total. The van der Waals surface area contributed by atoms with Gasteiger partial charge >= 0.3 is 0 Å². The summed E-state index contributed by atoms with van der Waals surface area (Å²) < 4.78 is 22.8. The van der Waals surface area contributed by atoms with Gasteiger partial charge in [0.25, 0.3) is 0 Å². The molecule has 8 nitrogen and oxygen atoms in total. The van der Waals surface area contributed by atoms with Gasteiger partial charge in [-0.15, -0.1) is 0 Å². The molecule has 0 aromatic heterocycles. The van der Waals surface area contributed by atoms with Crippen molar-refractivity contribution in [2.45, 2.75) is 50.0 Å². The Bertz CT molecular complexity index is 964. The second kappa shape index (κ2) is 10.1. The molecule has 2 heterocycles. The SMILES string of the molecule is CCOc1ccc(Cc2cc([C@@H]3O[C@H](CO)[C@@H](O)[C@H](O)[C@H]3O)c3c(c2Cl)OCC3OC)cc1. The predicted molar refractivity (Wildman–Crippen MR) is 120 cm³/mol. The van der Waals surface area contributed by atoms with Crippen LogP contribution >= 0.6 is 11.6 Å². The van der Waals surface area contributed by atoms with Gasteiger partial charge in [-0.1, -0.05) is 29.8 Å². The fourth-order valence-electron chi connectivity index (χ4n) is 4.44. The zero-order valence-electron chi connectivity index (χ0n) is 18.5. The maximum Gasteiger partial charge on any atom is 0.144 e. The third kappa shape index (κ3) is 4.57. The lowest BCUT2D eigenvalue weighted by atomic mass is 9.86. The molecular formula is C24H29ClO8. The van der Waals surface area contributed by atoms with Crippen LogP contribution in [0.25, 0.3) is 0 Å². The van der Waals surface area contributed by atoms with Gasteiger partial charge in [-0.2, -0.15) is 0 Å². The summed E-state index contributed by atoms with van der Waals surface area (Å²) in [6, 6.07) is 9.47. The minimum atomic E-state index is -1.50. The summed E-state index contributed by atoms with van der Waals surface area (Å²) >= 11 is 6.72. The number of hydrogen-bond acceptors (Lipinski definition) is 8. The Balaban J connectivity index is 1.75. The van der Waals surface area contributed by atoms with Crippen molar-refractivity contribution >= 4 is 11.6 Å². The van der Waals surface area contributed by atoms with E-state index in [-0.39, 0.29) is 6.61 Å². The van der Waals surface area contributed by atoms with Gasteiger partial charge in [0.05, 0.1) is 18.2 Å². The summed E-state index contributed by atoms with van der Waals surface area (Å²) in [4.78, 5) is 0. The first-order valence-electron chi connectivity index (χ1n) is 10.9. The van der Waals surface area contributed by atoms with Crippen molar-refractivity contribution in [1.29, 1.82) is 0 Å². The van der Waals surface area contributed by atoms with E-state index >= 15 is 0 Å². The number of ether oxygens (including phenoxy) is 4. The average molecular weight is 481 g/mol. The lowest BCUT2D eigenvalue weighted by Crippen LogP contribution is -2.55. The number of fused-ring (bicyclic) bond motifs is 1. The molecule has 0 saturated carbocycles. The minimum absolute atomic E-state index is 0.239. The molecule has 2 aromatic carbocycles. The van der Waals surface area contributed by atoms with Gasteiger partial charge in [0.2, 0.25) is 0 Å². The van der Waals surface area contributed by atoms with E-state index in [1.54, 1.807) is 7.11 Å². The smallest absolute Gasteiger partial charge is 0.144 e. The van der Waals surface area contributed by atoms with Crippen molar-refractivity contribution in [3.8, 4) is 11.5 Å². The summed E-state index contributed by atoms with van der Waals surface area (Å²) in [5, 5.41) is 41.3. The van der Waals surface area contributed by atoms with Crippen LogP contribution in [0, 0.1) is 0 Å². The van der Waals surface area contributed by atoms with Crippen molar-refractivity contribution < 1.29 is 39.4 Å². The van der Waals surface area contributed by atoms with E-state index in [9.17, 15) is 20.4 Å². The number of rotatable bonds is 7. The number of benzene rings is 2. The Hall–Kier alpha value is -1.91. The summed E-state index contributed by atoms with van der Waals surface area (Å²) in [5.41, 5.74) is 2.89. The summed E-state index contributed by atoms with van der Waals surface area (Å²) in [6.07, 6.45) is -6.39. The maximum absolute atomic E-state index is 10.8. The van der Waals surface area contributed by atoms with Gasteiger partial charge in [0, 0.05) is 12.7 Å². The third-order valence-electron chi connectivity index (χ3n) is 6.18. The van der Waals surface area contributed by atoms with Crippen LogP contribution in [0.4, 0.5) is 0 Å². The molecule has 0 radical (unpaired) electrons. The average Bonchev–Trinajstić information content (AvgIpc) is 3.26. The number of hydrogen-bond donors (Lipinski definition) is 4. The first-order valence-corrected chi connectivity index (χ1v) is 11.3. The van der Waals surface area contributed by atoms with E-state index in [2.05, 4.69) is 0 Å². The predicted octanol–water partition coefficient (Wildman–Crippen LogP) is 1.92. The number of aliphatic hydroxyl groups is 4. The monoisotopic (exact) mass is 480 g/mol. The van der Waals surface area contributed by atoms with E-state index in [0.29, 0.717) is 34.9 Å². The highest BCUT2D eigenvalue weighted by Gasteiger charge is 2.46. The van der Waals surface area contributed by atoms with Crippen LogP contribution in [-0.4, -0.2) is 71.8 Å². The van der Waals surface area contributed by atoms with E-state index in [4.69, 9.17) is 30.5 Å². The second-order valence-electron chi connectivity index (χ2n) is 8.22. The molecule has 2 aliphatic heterocycles. The molecule has 2 aromatic rings. The summed E-state index contributed by atoms with van der Waals surface area (Å²) in [6.45, 7) is 2.23. The number of methoxy groups -OCH3 is 1. The van der Waals surface area contributed by atoms with Gasteiger partial charge in [0.15, 0.2) is 0 Å². The van der Waals surface area contributed by atoms with Crippen LogP contribution in [0.5, 0.6) is 11.5 Å². The van der Waals surface area contributed by atoms with Gasteiger partial charge in [-0.25, -0.2) is 0 Å². The topological polar surface area (TPSA) is 118 Å². The fraction of sp³-hybridized carbons (Fsp3) is 0.500. The van der Waals surface area contributed by atoms with Crippen LogP contribution in [0.15, 0.2) is 30.3 Å². The van der Waals surface area contributed by atoms with Gasteiger partial charge in [-0.3, -0.25) is 0 Å². The van der Waals surface area contributed by atoms with Crippen molar-refractivity contribution in [3.63, 3.8) is 0 Å². The molecule has 1 saturated heterocycles. The normalized spacial score (nSPS) is 28.9. The van der Waals surface area contributed by atoms with Gasteiger partial charge < -0.3 is 39.4 Å². The molecule has 0 spiro atoms. The van der Waals surface area contributed by atoms with Crippen molar-refractivity contribution in [2.75, 3.05) is 26.9 Å². The van der Waals surface area contributed by atoms with Crippen molar-refractivity contribution in [2.24, 2.45) is 0 Å². The molecule has 0 aliphatic carbocycles. The summed E-state index contributed by atoms with van der Waals surface area (Å²) in [7, 11) is 1.54. The van der Waals surface area contributed by atoms with Crippen LogP contribution < -0.4 is 9.47 Å². The number of aliphatic hydroxyl groups excluding tert-OH is 4. The first-order chi connectivity index (χ1) is 15.9. The Morgan fingerprint density at radius 1 is 1.09 bits per heavy atom. The van der Waals surface area contributed by atoms with Crippen LogP contribution in [0.2, 0.25) is 5.02 Å². The quantitative estimate of drug-likeness (QED) is 0.475. The van der Waals surface area contributed by atoms with E-state index in [1.807, 2.05) is 37.3 Å². The zero-order valence-corrected chi connectivity index (χ0v) is 19.2. The molecule has 33 heavy (non-hydrogen) atoms. The van der Waals surface area contributed by atoms with Crippen LogP contribution in [0.3, 0.4) is 0 Å². The lowest BCUT2D eigenvalue weighted by molar-refractivity contribution is -0.232. The largest absolute Gasteiger partial charge is 0.494 e. The highest BCUT2D eigenvalue weighted by atomic mass is 35.5. The summed E-state index contributed by atoms with van der Waals surface area (Å²) in [5.74, 6) is 1.22. The fourth-order valence-corrected chi connectivity index (χ4v) is 4.72. The molecular weight excluding hydrogens is 452 g/mol. The molecule has 1 fully saturated rings. The van der Waals surface area contributed by atoms with Crippen molar-refractivity contribution in [1.82, 2.24) is 0 Å². The molecule has 0 amide bonds. The Morgan fingerprint density at radius 3 is 2.45 bits per heavy atom. The van der Waals surface area contributed by atoms with E-state index < -0.39 is 43.2 Å². The molecule has 9 heteroatoms. The van der Waals surface area contributed by atoms with Crippen LogP contribution in [0.1, 0.15) is 41.4 Å². The molecule has 180 valence electrons. The molecule has 1 unspecified atom stereocenters. The van der Waals surface area contributed by atoms with Crippen molar-refractivity contribution in [3.05, 3.63) is 57.6 Å². The zero-order chi connectivity index (χ0) is 23.7. The van der Waals surface area contributed by atoms with Crippen LogP contribution in [-0.2, 0) is 15.9 Å². The minimum Gasteiger partial charge on any atom is -0.494 e. The van der Waals surface area contributed by atoms with E-state index in [0.717, 1.165) is 16.9 Å².